The lowest BCUT2D eigenvalue weighted by atomic mass is 9.91. The van der Waals surface area contributed by atoms with Gasteiger partial charge in [-0.05, 0) is 55.7 Å². The molecule has 2 saturated carbocycles. The van der Waals surface area contributed by atoms with Crippen molar-refractivity contribution < 1.29 is 18.7 Å². The number of nitrogens with two attached hydrogens (primary N) is 1. The van der Waals surface area contributed by atoms with Crippen molar-refractivity contribution >= 4 is 35.0 Å². The van der Waals surface area contributed by atoms with Gasteiger partial charge in [0, 0.05) is 25.2 Å². The number of amides is 1. The van der Waals surface area contributed by atoms with E-state index in [1.807, 2.05) is 0 Å². The number of hydrogen-bond donors (Lipinski definition) is 4. The molecule has 2 heterocycles. The first kappa shape index (κ1) is 24.4. The van der Waals surface area contributed by atoms with E-state index < -0.39 is 23.1 Å². The van der Waals surface area contributed by atoms with E-state index in [2.05, 4.69) is 25.7 Å². The maximum Gasteiger partial charge on any atom is 0.261 e. The summed E-state index contributed by atoms with van der Waals surface area (Å²) < 4.78 is 28.0. The van der Waals surface area contributed by atoms with Gasteiger partial charge >= 0.3 is 0 Å². The number of nitrogens with zero attached hydrogens (tertiary/aromatic N) is 4. The van der Waals surface area contributed by atoms with Crippen molar-refractivity contribution in [2.75, 3.05) is 22.9 Å². The van der Waals surface area contributed by atoms with Crippen LogP contribution in [0.4, 0.5) is 26.2 Å². The molecule has 2 unspecified atom stereocenters. The van der Waals surface area contributed by atoms with Crippen molar-refractivity contribution in [3.63, 3.8) is 0 Å². The molecule has 0 spiro atoms. The van der Waals surface area contributed by atoms with E-state index >= 15 is 0 Å². The molecule has 2 aliphatic rings. The van der Waals surface area contributed by atoms with E-state index in [9.17, 15) is 18.7 Å². The summed E-state index contributed by atoms with van der Waals surface area (Å²) in [5.41, 5.74) is 6.56. The third-order valence-electron chi connectivity index (χ3n) is 7.23. The van der Waals surface area contributed by atoms with Crippen molar-refractivity contribution in [3.8, 4) is 0 Å². The van der Waals surface area contributed by atoms with Gasteiger partial charge in [-0.2, -0.15) is 5.10 Å². The Morgan fingerprint density at radius 1 is 1.25 bits per heavy atom. The Hall–Kier alpha value is -3.31. The Bertz CT molecular complexity index is 1290. The summed E-state index contributed by atoms with van der Waals surface area (Å²) in [4.78, 5) is 20.9. The van der Waals surface area contributed by atoms with Gasteiger partial charge in [0.1, 0.15) is 17.2 Å². The maximum absolute atomic E-state index is 13.5. The highest BCUT2D eigenvalue weighted by molar-refractivity contribution is 6.31. The summed E-state index contributed by atoms with van der Waals surface area (Å²) in [5.74, 6) is -0.500. The number of carbonyl (C=O) groups is 1. The molecular formula is C24H26ClF2N7O2. The number of rotatable bonds is 6. The number of nitrogens with one attached hydrogen (secondary N) is 2. The average Bonchev–Trinajstić information content (AvgIpc) is 3.45. The van der Waals surface area contributed by atoms with Gasteiger partial charge < -0.3 is 21.5 Å². The Kier molecular flexibility index (Phi) is 6.29. The number of hydrogen-bond acceptors (Lipinski definition) is 7. The van der Waals surface area contributed by atoms with Crippen LogP contribution in [0.3, 0.4) is 0 Å². The molecule has 3 aromatic rings. The zero-order valence-corrected chi connectivity index (χ0v) is 20.3. The van der Waals surface area contributed by atoms with Crippen LogP contribution < -0.4 is 16.4 Å². The van der Waals surface area contributed by atoms with Gasteiger partial charge in [0.2, 0.25) is 5.95 Å². The summed E-state index contributed by atoms with van der Waals surface area (Å²) in [7, 11) is 1.68. The molecule has 5 N–H and O–H groups in total. The predicted molar refractivity (Wildman–Crippen MR) is 131 cm³/mol. The zero-order chi connectivity index (χ0) is 25.6. The molecule has 2 atom stereocenters. The zero-order valence-electron chi connectivity index (χ0n) is 19.5. The monoisotopic (exact) mass is 517 g/mol. The molecule has 1 amide bonds. The number of benzene rings is 1. The van der Waals surface area contributed by atoms with Crippen LogP contribution in [0.25, 0.3) is 0 Å². The number of halogens is 3. The highest BCUT2D eigenvalue weighted by Gasteiger charge is 2.50. The minimum atomic E-state index is -0.927. The Morgan fingerprint density at radius 2 is 1.92 bits per heavy atom. The Labute approximate surface area is 211 Å². The van der Waals surface area contributed by atoms with Crippen LogP contribution in [0.1, 0.15) is 47.7 Å². The molecule has 36 heavy (non-hydrogen) atoms. The summed E-state index contributed by atoms with van der Waals surface area (Å²) in [6, 6.07) is 3.95. The molecule has 0 aliphatic heterocycles. The quantitative estimate of drug-likeness (QED) is 0.392. The molecule has 5 rings (SSSR count). The molecular weight excluding hydrogens is 492 g/mol. The van der Waals surface area contributed by atoms with E-state index in [0.717, 1.165) is 25.2 Å². The van der Waals surface area contributed by atoms with Gasteiger partial charge in [-0.3, -0.25) is 9.48 Å². The maximum atomic E-state index is 13.5. The minimum absolute atomic E-state index is 0.0130. The average molecular weight is 518 g/mol. The number of fused-ring (bicyclic) bond motifs is 1. The van der Waals surface area contributed by atoms with Crippen LogP contribution in [0.2, 0.25) is 5.02 Å². The van der Waals surface area contributed by atoms with Crippen LogP contribution in [0, 0.1) is 23.5 Å². The highest BCUT2D eigenvalue weighted by atomic mass is 35.5. The second-order valence-electron chi connectivity index (χ2n) is 9.75. The largest absolute Gasteiger partial charge is 0.388 e. The second kappa shape index (κ2) is 9.29. The van der Waals surface area contributed by atoms with Gasteiger partial charge in [-0.25, -0.2) is 18.7 Å². The smallest absolute Gasteiger partial charge is 0.261 e. The number of aromatic nitrogens is 4. The molecule has 0 radical (unpaired) electrons. The van der Waals surface area contributed by atoms with Crippen molar-refractivity contribution in [2.24, 2.45) is 18.9 Å². The van der Waals surface area contributed by atoms with Gasteiger partial charge in [-0.1, -0.05) is 11.6 Å². The normalized spacial score (nSPS) is 25.1. The van der Waals surface area contributed by atoms with Crippen molar-refractivity contribution in [1.82, 2.24) is 19.7 Å². The molecule has 2 aliphatic carbocycles. The molecule has 9 nitrogen and oxygen atoms in total. The lowest BCUT2D eigenvalue weighted by Gasteiger charge is -2.25. The first-order chi connectivity index (χ1) is 17.1. The molecule has 2 fully saturated rings. The number of carbonyl (C=O) groups excluding carboxylic acids is 1. The molecule has 190 valence electrons. The molecule has 0 saturated heterocycles. The summed E-state index contributed by atoms with van der Waals surface area (Å²) >= 11 is 5.84. The highest BCUT2D eigenvalue weighted by Crippen LogP contribution is 2.54. The fraction of sp³-hybridized carbons (Fsp3) is 0.417. The van der Waals surface area contributed by atoms with E-state index in [4.69, 9.17) is 17.3 Å². The van der Waals surface area contributed by atoms with E-state index in [1.165, 1.54) is 22.9 Å². The van der Waals surface area contributed by atoms with Crippen molar-refractivity contribution in [3.05, 3.63) is 58.5 Å². The topological polar surface area (TPSA) is 131 Å². The number of aliphatic hydroxyl groups is 1. The van der Waals surface area contributed by atoms with Crippen LogP contribution in [0.5, 0.6) is 0 Å². The first-order valence-electron chi connectivity index (χ1n) is 11.6. The third kappa shape index (κ3) is 4.72. The van der Waals surface area contributed by atoms with Gasteiger partial charge in [-0.15, -0.1) is 0 Å². The molecule has 2 aromatic heterocycles. The summed E-state index contributed by atoms with van der Waals surface area (Å²) in [6.45, 7) is 0.265. The standard InChI is InChI=1S/C24H26ClF2N7O2/c1-34-21(28)19(22(35)32-16-2-3-18(27)17(25)6-16)20(33-34)12-4-13-7-24(36,8-14(13)5-12)11-31-23-29-9-15(26)10-30-23/h2-3,6,9-10,12-14,36H,4-5,7-8,11,28H2,1H3,(H,32,35)(H,29,30,31). The van der Waals surface area contributed by atoms with E-state index in [0.29, 0.717) is 29.8 Å². The first-order valence-corrected chi connectivity index (χ1v) is 12.0. The molecule has 12 heteroatoms. The number of aryl methyl sites for hydroxylation is 1. The predicted octanol–water partition coefficient (Wildman–Crippen LogP) is 3.72. The Morgan fingerprint density at radius 3 is 2.56 bits per heavy atom. The fourth-order valence-electron chi connectivity index (χ4n) is 5.63. The lowest BCUT2D eigenvalue weighted by molar-refractivity contribution is 0.0513. The van der Waals surface area contributed by atoms with Crippen molar-refractivity contribution in [2.45, 2.75) is 37.2 Å². The van der Waals surface area contributed by atoms with Crippen LogP contribution in [-0.2, 0) is 7.05 Å². The van der Waals surface area contributed by atoms with Crippen LogP contribution in [-0.4, -0.2) is 42.9 Å². The third-order valence-corrected chi connectivity index (χ3v) is 7.52. The second-order valence-corrected chi connectivity index (χ2v) is 10.2. The SMILES string of the molecule is Cn1nc(C2CC3CC(O)(CNc4ncc(F)cn4)CC3C2)c(C(=O)Nc2ccc(F)c(Cl)c2)c1N. The van der Waals surface area contributed by atoms with Crippen molar-refractivity contribution in [1.29, 1.82) is 0 Å². The van der Waals surface area contributed by atoms with Gasteiger partial charge in [0.25, 0.3) is 5.91 Å². The Balaban J connectivity index is 1.27. The minimum Gasteiger partial charge on any atom is -0.388 e. The van der Waals surface area contributed by atoms with Crippen LogP contribution >= 0.6 is 11.6 Å². The number of nitrogen functional groups attached to an aromatic ring is 1. The van der Waals surface area contributed by atoms with E-state index in [-0.39, 0.29) is 41.1 Å². The van der Waals surface area contributed by atoms with Gasteiger partial charge in [0.05, 0.1) is 28.7 Å². The van der Waals surface area contributed by atoms with Crippen LogP contribution in [0.15, 0.2) is 30.6 Å². The summed E-state index contributed by atoms with van der Waals surface area (Å²) in [6.07, 6.45) is 4.84. The lowest BCUT2D eigenvalue weighted by Crippen LogP contribution is -2.35. The fourth-order valence-corrected chi connectivity index (χ4v) is 5.81. The number of anilines is 3. The van der Waals surface area contributed by atoms with Gasteiger partial charge in [0.15, 0.2) is 5.82 Å². The molecule has 0 bridgehead atoms. The van der Waals surface area contributed by atoms with E-state index in [1.54, 1.807) is 7.05 Å². The molecule has 1 aromatic carbocycles. The summed E-state index contributed by atoms with van der Waals surface area (Å²) in [5, 5.41) is 21.3.